The number of carbonyl (C=O) groups is 3. The van der Waals surface area contributed by atoms with Gasteiger partial charge in [0.2, 0.25) is 5.91 Å². The number of hydrogen-bond acceptors (Lipinski definition) is 5. The molecule has 168 valence electrons. The molecule has 1 aliphatic rings. The summed E-state index contributed by atoms with van der Waals surface area (Å²) in [5, 5.41) is 0. The van der Waals surface area contributed by atoms with Gasteiger partial charge in [-0.25, -0.2) is 0 Å². The van der Waals surface area contributed by atoms with Crippen LogP contribution in [-0.4, -0.2) is 30.8 Å². The fourth-order valence-corrected chi connectivity index (χ4v) is 3.63. The highest BCUT2D eigenvalue weighted by Crippen LogP contribution is 2.29. The second-order valence-corrected chi connectivity index (χ2v) is 8.21. The van der Waals surface area contributed by atoms with Crippen LogP contribution in [0.5, 0.6) is 11.5 Å². The number of rotatable bonds is 7. The molecule has 0 saturated carbocycles. The van der Waals surface area contributed by atoms with Gasteiger partial charge in [0.25, 0.3) is 0 Å². The Balaban J connectivity index is 1.32. The predicted molar refractivity (Wildman–Crippen MR) is 125 cm³/mol. The van der Waals surface area contributed by atoms with Gasteiger partial charge in [-0.15, -0.1) is 0 Å². The SMILES string of the molecule is Cc1ccc(Oc2ccc(N3C[C@@H](C(=O)OCC(=O)c4ccc(C)cc4)CC3=O)cc2)cc1. The highest BCUT2D eigenvalue weighted by Gasteiger charge is 2.36. The van der Waals surface area contributed by atoms with Crippen molar-refractivity contribution in [1.82, 2.24) is 0 Å². The Labute approximate surface area is 192 Å². The summed E-state index contributed by atoms with van der Waals surface area (Å²) in [6, 6.07) is 22.0. The van der Waals surface area contributed by atoms with Gasteiger partial charge >= 0.3 is 5.97 Å². The van der Waals surface area contributed by atoms with Crippen LogP contribution in [0, 0.1) is 19.8 Å². The van der Waals surface area contributed by atoms with E-state index in [1.54, 1.807) is 41.3 Å². The summed E-state index contributed by atoms with van der Waals surface area (Å²) < 4.78 is 11.0. The average Bonchev–Trinajstić information content (AvgIpc) is 3.21. The van der Waals surface area contributed by atoms with E-state index in [9.17, 15) is 14.4 Å². The van der Waals surface area contributed by atoms with E-state index in [0.29, 0.717) is 17.0 Å². The van der Waals surface area contributed by atoms with Gasteiger partial charge in [0, 0.05) is 24.2 Å². The largest absolute Gasteiger partial charge is 0.457 e. The quantitative estimate of drug-likeness (QED) is 0.385. The van der Waals surface area contributed by atoms with Crippen LogP contribution in [0.25, 0.3) is 0 Å². The summed E-state index contributed by atoms with van der Waals surface area (Å²) in [5.41, 5.74) is 3.37. The molecule has 6 heteroatoms. The maximum Gasteiger partial charge on any atom is 0.311 e. The van der Waals surface area contributed by atoms with Crippen LogP contribution >= 0.6 is 0 Å². The molecule has 1 aliphatic heterocycles. The number of aryl methyl sites for hydroxylation is 2. The van der Waals surface area contributed by atoms with Gasteiger partial charge in [-0.1, -0.05) is 47.5 Å². The zero-order valence-electron chi connectivity index (χ0n) is 18.6. The monoisotopic (exact) mass is 443 g/mol. The molecule has 0 aromatic heterocycles. The zero-order chi connectivity index (χ0) is 23.4. The lowest BCUT2D eigenvalue weighted by Gasteiger charge is -2.17. The van der Waals surface area contributed by atoms with Crippen LogP contribution in [-0.2, 0) is 14.3 Å². The van der Waals surface area contributed by atoms with Crippen molar-refractivity contribution in [2.75, 3.05) is 18.1 Å². The minimum Gasteiger partial charge on any atom is -0.457 e. The number of benzene rings is 3. The third kappa shape index (κ3) is 5.47. The summed E-state index contributed by atoms with van der Waals surface area (Å²) in [7, 11) is 0. The first-order valence-corrected chi connectivity index (χ1v) is 10.8. The molecule has 4 rings (SSSR count). The second-order valence-electron chi connectivity index (χ2n) is 8.21. The molecular weight excluding hydrogens is 418 g/mol. The minimum absolute atomic E-state index is 0.0547. The lowest BCUT2D eigenvalue weighted by atomic mass is 10.1. The Morgan fingerprint density at radius 3 is 2.00 bits per heavy atom. The van der Waals surface area contributed by atoms with E-state index in [1.807, 2.05) is 50.2 Å². The number of esters is 1. The third-order valence-electron chi connectivity index (χ3n) is 5.58. The van der Waals surface area contributed by atoms with Crippen molar-refractivity contribution in [2.24, 2.45) is 5.92 Å². The maximum atomic E-state index is 12.5. The third-order valence-corrected chi connectivity index (χ3v) is 5.58. The number of ketones is 1. The van der Waals surface area contributed by atoms with E-state index in [4.69, 9.17) is 9.47 Å². The molecule has 6 nitrogen and oxygen atoms in total. The van der Waals surface area contributed by atoms with Crippen molar-refractivity contribution >= 4 is 23.3 Å². The lowest BCUT2D eigenvalue weighted by molar-refractivity contribution is -0.147. The summed E-state index contributed by atoms with van der Waals surface area (Å²) in [6.07, 6.45) is 0.0547. The Kier molecular flexibility index (Phi) is 6.54. The van der Waals surface area contributed by atoms with E-state index in [1.165, 1.54) is 0 Å². The van der Waals surface area contributed by atoms with Crippen molar-refractivity contribution in [2.45, 2.75) is 20.3 Å². The van der Waals surface area contributed by atoms with Gasteiger partial charge in [-0.3, -0.25) is 14.4 Å². The molecule has 1 amide bonds. The van der Waals surface area contributed by atoms with Crippen molar-refractivity contribution in [3.63, 3.8) is 0 Å². The molecule has 0 radical (unpaired) electrons. The molecule has 1 atom stereocenters. The molecule has 3 aromatic rings. The standard InChI is InChI=1S/C27H25NO5/c1-18-3-7-20(8-4-18)25(29)17-32-27(31)21-15-26(30)28(16-21)22-9-13-24(14-10-22)33-23-11-5-19(2)6-12-23/h3-14,21H,15-17H2,1-2H3/t21-/m0/s1. The number of anilines is 1. The maximum absolute atomic E-state index is 12.5. The van der Waals surface area contributed by atoms with Crippen LogP contribution in [0.2, 0.25) is 0 Å². The summed E-state index contributed by atoms with van der Waals surface area (Å²) in [6.45, 7) is 3.82. The van der Waals surface area contributed by atoms with Crippen molar-refractivity contribution < 1.29 is 23.9 Å². The van der Waals surface area contributed by atoms with E-state index >= 15 is 0 Å². The summed E-state index contributed by atoms with van der Waals surface area (Å²) in [5.74, 6) is -0.187. The molecule has 1 fully saturated rings. The second kappa shape index (κ2) is 9.69. The molecule has 0 bridgehead atoms. The highest BCUT2D eigenvalue weighted by molar-refractivity contribution is 6.01. The molecule has 1 heterocycles. The molecule has 0 spiro atoms. The first-order valence-electron chi connectivity index (χ1n) is 10.8. The number of hydrogen-bond donors (Lipinski definition) is 0. The lowest BCUT2D eigenvalue weighted by Crippen LogP contribution is -2.27. The Morgan fingerprint density at radius 2 is 1.39 bits per heavy atom. The smallest absolute Gasteiger partial charge is 0.311 e. The van der Waals surface area contributed by atoms with Gasteiger partial charge in [-0.2, -0.15) is 0 Å². The number of Topliss-reactive ketones (excluding diaryl/α,β-unsaturated/α-hetero) is 1. The topological polar surface area (TPSA) is 72.9 Å². The normalized spacial score (nSPS) is 15.4. The van der Waals surface area contributed by atoms with Gasteiger partial charge in [-0.05, 0) is 50.2 Å². The van der Waals surface area contributed by atoms with Gasteiger partial charge in [0.1, 0.15) is 11.5 Å². The van der Waals surface area contributed by atoms with Crippen molar-refractivity contribution in [3.8, 4) is 11.5 Å². The molecule has 3 aromatic carbocycles. The van der Waals surface area contributed by atoms with Gasteiger partial charge in [0.15, 0.2) is 12.4 Å². The highest BCUT2D eigenvalue weighted by atomic mass is 16.5. The van der Waals surface area contributed by atoms with Crippen LogP contribution in [0.3, 0.4) is 0 Å². The fraction of sp³-hybridized carbons (Fsp3) is 0.222. The van der Waals surface area contributed by atoms with Crippen LogP contribution in [0.1, 0.15) is 27.9 Å². The molecular formula is C27H25NO5. The number of carbonyl (C=O) groups excluding carboxylic acids is 3. The Morgan fingerprint density at radius 1 is 0.848 bits per heavy atom. The molecule has 1 saturated heterocycles. The number of nitrogens with zero attached hydrogens (tertiary/aromatic N) is 1. The summed E-state index contributed by atoms with van der Waals surface area (Å²) in [4.78, 5) is 38.8. The summed E-state index contributed by atoms with van der Waals surface area (Å²) >= 11 is 0. The van der Waals surface area contributed by atoms with E-state index in [2.05, 4.69) is 0 Å². The molecule has 0 aliphatic carbocycles. The van der Waals surface area contributed by atoms with E-state index < -0.39 is 11.9 Å². The van der Waals surface area contributed by atoms with Crippen LogP contribution in [0.15, 0.2) is 72.8 Å². The van der Waals surface area contributed by atoms with Crippen molar-refractivity contribution in [1.29, 1.82) is 0 Å². The van der Waals surface area contributed by atoms with Crippen LogP contribution in [0.4, 0.5) is 5.69 Å². The van der Waals surface area contributed by atoms with E-state index in [0.717, 1.165) is 16.9 Å². The van der Waals surface area contributed by atoms with Crippen molar-refractivity contribution in [3.05, 3.63) is 89.5 Å². The minimum atomic E-state index is -0.605. The Hall–Kier alpha value is -3.93. The van der Waals surface area contributed by atoms with E-state index in [-0.39, 0.29) is 31.3 Å². The number of ether oxygens (including phenoxy) is 2. The Bertz CT molecular complexity index is 1150. The molecule has 33 heavy (non-hydrogen) atoms. The average molecular weight is 443 g/mol. The van der Waals surface area contributed by atoms with Gasteiger partial charge < -0.3 is 14.4 Å². The fourth-order valence-electron chi connectivity index (χ4n) is 3.63. The number of amides is 1. The predicted octanol–water partition coefficient (Wildman–Crippen LogP) is 4.87. The van der Waals surface area contributed by atoms with Crippen LogP contribution < -0.4 is 9.64 Å². The zero-order valence-corrected chi connectivity index (χ0v) is 18.6. The molecule has 0 N–H and O–H groups in total. The first kappa shape index (κ1) is 22.3. The molecule has 0 unspecified atom stereocenters. The first-order chi connectivity index (χ1) is 15.9. The van der Waals surface area contributed by atoms with Gasteiger partial charge in [0.05, 0.1) is 5.92 Å².